The molecule has 1 aliphatic carbocycles. The number of halogens is 2. The highest BCUT2D eigenvalue weighted by Gasteiger charge is 2.47. The Hall–Kier alpha value is -1.04. The Kier molecular flexibility index (Phi) is 4.19. The lowest BCUT2D eigenvalue weighted by Gasteiger charge is -2.37. The molecule has 0 aromatic carbocycles. The van der Waals surface area contributed by atoms with Gasteiger partial charge in [0.25, 0.3) is 5.92 Å². The van der Waals surface area contributed by atoms with Crippen LogP contribution in [0.25, 0.3) is 0 Å². The summed E-state index contributed by atoms with van der Waals surface area (Å²) >= 11 is 0. The zero-order valence-corrected chi connectivity index (χ0v) is 9.62. The second kappa shape index (κ2) is 5.08. The Morgan fingerprint density at radius 3 is 2.71 bits per heavy atom. The van der Waals surface area contributed by atoms with Gasteiger partial charge in [0.1, 0.15) is 12.2 Å². The lowest BCUT2D eigenvalue weighted by Crippen LogP contribution is -2.50. The van der Waals surface area contributed by atoms with Gasteiger partial charge in [-0.2, -0.15) is 0 Å². The smallest absolute Gasteiger partial charge is 0.309 e. The van der Waals surface area contributed by atoms with E-state index >= 15 is 0 Å². The van der Waals surface area contributed by atoms with Crippen LogP contribution in [-0.4, -0.2) is 35.5 Å². The highest BCUT2D eigenvalue weighted by atomic mass is 19.3. The third-order valence-electron chi connectivity index (χ3n) is 2.99. The van der Waals surface area contributed by atoms with Gasteiger partial charge in [0.2, 0.25) is 0 Å². The third-order valence-corrected chi connectivity index (χ3v) is 2.99. The van der Waals surface area contributed by atoms with E-state index in [0.717, 1.165) is 0 Å². The van der Waals surface area contributed by atoms with Crippen molar-refractivity contribution in [3.63, 3.8) is 0 Å². The quantitative estimate of drug-likeness (QED) is 0.756. The fourth-order valence-electron chi connectivity index (χ4n) is 2.11. The predicted octanol–water partition coefficient (Wildman–Crippen LogP) is 1.87. The van der Waals surface area contributed by atoms with Crippen LogP contribution in [0.1, 0.15) is 32.6 Å². The van der Waals surface area contributed by atoms with Crippen LogP contribution >= 0.6 is 0 Å². The maximum Gasteiger partial charge on any atom is 0.309 e. The largest absolute Gasteiger partial charge is 0.481 e. The fourth-order valence-corrected chi connectivity index (χ4v) is 2.11. The molecule has 1 N–H and O–H groups in total. The van der Waals surface area contributed by atoms with Crippen LogP contribution in [0.5, 0.6) is 0 Å². The first-order chi connectivity index (χ1) is 7.81. The van der Waals surface area contributed by atoms with Crippen molar-refractivity contribution in [1.29, 1.82) is 0 Å². The van der Waals surface area contributed by atoms with E-state index in [1.165, 1.54) is 0 Å². The summed E-state index contributed by atoms with van der Waals surface area (Å²) in [5.74, 6) is -5.27. The molecule has 0 heterocycles. The highest BCUT2D eigenvalue weighted by molar-refractivity contribution is 5.79. The van der Waals surface area contributed by atoms with Crippen LogP contribution in [0.2, 0.25) is 0 Å². The summed E-state index contributed by atoms with van der Waals surface area (Å²) < 4.78 is 30.4. The van der Waals surface area contributed by atoms with Crippen LogP contribution in [-0.2, 0) is 14.3 Å². The lowest BCUT2D eigenvalue weighted by molar-refractivity contribution is -0.182. The normalized spacial score (nSPS) is 29.9. The molecule has 0 aromatic rings. The Morgan fingerprint density at radius 2 is 2.24 bits per heavy atom. The molecule has 0 saturated heterocycles. The summed E-state index contributed by atoms with van der Waals surface area (Å²) in [6, 6.07) is 0. The maximum atomic E-state index is 12.7. The Labute approximate surface area is 97.9 Å². The zero-order valence-electron chi connectivity index (χ0n) is 9.62. The lowest BCUT2D eigenvalue weighted by atomic mass is 9.76. The molecule has 0 aromatic heterocycles. The standard InChI is InChI=1S/C11H16F2O4/c1-10(12,13)7-17-11(6-14)5-3-2-4-8(11)9(15)16/h6,8H,2-5,7H2,1H3,(H,15,16). The Balaban J connectivity index is 2.82. The molecule has 98 valence electrons. The first-order valence-electron chi connectivity index (χ1n) is 5.52. The van der Waals surface area contributed by atoms with E-state index in [2.05, 4.69) is 0 Å². The molecule has 2 atom stereocenters. The van der Waals surface area contributed by atoms with E-state index in [1.807, 2.05) is 0 Å². The molecule has 4 nitrogen and oxygen atoms in total. The number of hydrogen-bond acceptors (Lipinski definition) is 3. The van der Waals surface area contributed by atoms with Crippen LogP contribution in [0.15, 0.2) is 0 Å². The van der Waals surface area contributed by atoms with E-state index in [1.54, 1.807) is 0 Å². The van der Waals surface area contributed by atoms with Crippen molar-refractivity contribution < 1.29 is 28.2 Å². The number of carbonyl (C=O) groups excluding carboxylic acids is 1. The zero-order chi connectivity index (χ0) is 13.1. The number of carboxylic acids is 1. The third kappa shape index (κ3) is 3.46. The van der Waals surface area contributed by atoms with Crippen LogP contribution < -0.4 is 0 Å². The Bertz CT molecular complexity index is 300. The second-order valence-electron chi connectivity index (χ2n) is 4.57. The van der Waals surface area contributed by atoms with Crippen molar-refractivity contribution in [3.8, 4) is 0 Å². The number of aliphatic carboxylic acids is 1. The molecule has 1 rings (SSSR count). The number of hydrogen-bond donors (Lipinski definition) is 1. The molecular formula is C11H16F2O4. The van der Waals surface area contributed by atoms with Crippen molar-refractivity contribution in [2.24, 2.45) is 5.92 Å². The van der Waals surface area contributed by atoms with Gasteiger partial charge < -0.3 is 14.6 Å². The number of aldehydes is 1. The summed E-state index contributed by atoms with van der Waals surface area (Å²) in [6.45, 7) is -0.264. The molecule has 0 spiro atoms. The second-order valence-corrected chi connectivity index (χ2v) is 4.57. The molecule has 0 aliphatic heterocycles. The van der Waals surface area contributed by atoms with Crippen LogP contribution in [0.3, 0.4) is 0 Å². The predicted molar refractivity (Wildman–Crippen MR) is 55.0 cm³/mol. The van der Waals surface area contributed by atoms with E-state index in [0.29, 0.717) is 26.1 Å². The minimum absolute atomic E-state index is 0.184. The van der Waals surface area contributed by atoms with Gasteiger partial charge >= 0.3 is 5.97 Å². The van der Waals surface area contributed by atoms with Gasteiger partial charge in [0.15, 0.2) is 6.29 Å². The average Bonchev–Trinajstić information content (AvgIpc) is 2.25. The van der Waals surface area contributed by atoms with Crippen molar-refractivity contribution in [2.45, 2.75) is 44.1 Å². The fraction of sp³-hybridized carbons (Fsp3) is 0.818. The number of carbonyl (C=O) groups is 2. The molecular weight excluding hydrogens is 234 g/mol. The summed E-state index contributed by atoms with van der Waals surface area (Å²) in [6.07, 6.45) is 2.11. The van der Waals surface area contributed by atoms with Crippen molar-refractivity contribution in [3.05, 3.63) is 0 Å². The first-order valence-corrected chi connectivity index (χ1v) is 5.52. The van der Waals surface area contributed by atoms with E-state index in [9.17, 15) is 18.4 Å². The van der Waals surface area contributed by atoms with Crippen molar-refractivity contribution in [1.82, 2.24) is 0 Å². The summed E-state index contributed by atoms with van der Waals surface area (Å²) in [5, 5.41) is 9.01. The van der Waals surface area contributed by atoms with E-state index < -0.39 is 30.0 Å². The van der Waals surface area contributed by atoms with Gasteiger partial charge in [0.05, 0.1) is 5.92 Å². The first kappa shape index (κ1) is 14.0. The molecule has 2 unspecified atom stereocenters. The molecule has 1 aliphatic rings. The number of ether oxygens (including phenoxy) is 1. The van der Waals surface area contributed by atoms with Crippen LogP contribution in [0.4, 0.5) is 8.78 Å². The van der Waals surface area contributed by atoms with Gasteiger partial charge in [-0.25, -0.2) is 8.78 Å². The average molecular weight is 250 g/mol. The highest BCUT2D eigenvalue weighted by Crippen LogP contribution is 2.36. The van der Waals surface area contributed by atoms with Gasteiger partial charge in [-0.3, -0.25) is 4.79 Å². The van der Waals surface area contributed by atoms with Gasteiger partial charge in [-0.1, -0.05) is 12.8 Å². The summed E-state index contributed by atoms with van der Waals surface area (Å²) in [5.41, 5.74) is -1.59. The molecule has 1 fully saturated rings. The number of rotatable bonds is 5. The molecule has 1 saturated carbocycles. The van der Waals surface area contributed by atoms with E-state index in [4.69, 9.17) is 9.84 Å². The van der Waals surface area contributed by atoms with Gasteiger partial charge in [0, 0.05) is 6.92 Å². The monoisotopic (exact) mass is 250 g/mol. The Morgan fingerprint density at radius 1 is 1.59 bits per heavy atom. The van der Waals surface area contributed by atoms with Crippen LogP contribution in [0, 0.1) is 5.92 Å². The summed E-state index contributed by atoms with van der Waals surface area (Å²) in [7, 11) is 0. The summed E-state index contributed by atoms with van der Waals surface area (Å²) in [4.78, 5) is 22.1. The molecule has 17 heavy (non-hydrogen) atoms. The molecule has 0 bridgehead atoms. The van der Waals surface area contributed by atoms with Crippen molar-refractivity contribution in [2.75, 3.05) is 6.61 Å². The SMILES string of the molecule is CC(F)(F)COC1(C=O)CCCCC1C(=O)O. The maximum absolute atomic E-state index is 12.7. The molecule has 0 radical (unpaired) electrons. The van der Waals surface area contributed by atoms with Gasteiger partial charge in [-0.15, -0.1) is 0 Å². The molecule has 0 amide bonds. The molecule has 6 heteroatoms. The topological polar surface area (TPSA) is 63.6 Å². The number of carboxylic acid groups (broad SMARTS) is 1. The van der Waals surface area contributed by atoms with Crippen molar-refractivity contribution >= 4 is 12.3 Å². The van der Waals surface area contributed by atoms with E-state index in [-0.39, 0.29) is 12.8 Å². The minimum atomic E-state index is -3.07. The minimum Gasteiger partial charge on any atom is -0.481 e. The van der Waals surface area contributed by atoms with Gasteiger partial charge in [-0.05, 0) is 12.8 Å². The number of alkyl halides is 2.